The standard InChI is InChI=1S/C9H8N4O5/c14-4-1-7(16)13(3-5(4)15)9(18)12-6-2-10-8(17)11-6/h2-3,15H,1H2,(H,12,18)(H2,10,11,17). The van der Waals surface area contributed by atoms with Crippen molar-refractivity contribution in [2.24, 2.45) is 0 Å². The minimum Gasteiger partial charge on any atom is -0.503 e. The number of aromatic amines is 2. The highest BCUT2D eigenvalue weighted by Crippen LogP contribution is 2.12. The molecule has 1 aliphatic heterocycles. The molecule has 0 saturated carbocycles. The van der Waals surface area contributed by atoms with Gasteiger partial charge in [-0.25, -0.2) is 14.5 Å². The Bertz CT molecular complexity index is 610. The Morgan fingerprint density at radius 1 is 1.39 bits per heavy atom. The van der Waals surface area contributed by atoms with E-state index in [-0.39, 0.29) is 5.82 Å². The number of ketones is 1. The summed E-state index contributed by atoms with van der Waals surface area (Å²) in [6.07, 6.45) is 1.34. The van der Waals surface area contributed by atoms with Crippen LogP contribution in [0.5, 0.6) is 0 Å². The molecule has 1 aliphatic rings. The summed E-state index contributed by atoms with van der Waals surface area (Å²) < 4.78 is 0. The second-order valence-electron chi connectivity index (χ2n) is 3.46. The van der Waals surface area contributed by atoms with Crippen molar-refractivity contribution in [2.45, 2.75) is 6.42 Å². The van der Waals surface area contributed by atoms with Crippen molar-refractivity contribution >= 4 is 23.5 Å². The van der Waals surface area contributed by atoms with Gasteiger partial charge < -0.3 is 10.1 Å². The number of amides is 3. The lowest BCUT2D eigenvalue weighted by Gasteiger charge is -2.20. The lowest BCUT2D eigenvalue weighted by Crippen LogP contribution is -2.40. The van der Waals surface area contributed by atoms with Crippen LogP contribution in [0.15, 0.2) is 23.0 Å². The van der Waals surface area contributed by atoms with Gasteiger partial charge in [0.2, 0.25) is 11.7 Å². The minimum absolute atomic E-state index is 0.0580. The average Bonchev–Trinajstić information content (AvgIpc) is 2.69. The van der Waals surface area contributed by atoms with Crippen LogP contribution in [0.25, 0.3) is 0 Å². The molecule has 3 amide bonds. The topological polar surface area (TPSA) is 135 Å². The summed E-state index contributed by atoms with van der Waals surface area (Å²) in [4.78, 5) is 49.8. The van der Waals surface area contributed by atoms with Crippen LogP contribution in [-0.4, -0.2) is 37.7 Å². The van der Waals surface area contributed by atoms with E-state index >= 15 is 0 Å². The number of urea groups is 1. The third-order valence-corrected chi connectivity index (χ3v) is 2.17. The third kappa shape index (κ3) is 2.14. The summed E-state index contributed by atoms with van der Waals surface area (Å²) in [5.74, 6) is -2.14. The van der Waals surface area contributed by atoms with E-state index in [1.54, 1.807) is 0 Å². The quantitative estimate of drug-likeness (QED) is 0.496. The molecule has 0 bridgehead atoms. The largest absolute Gasteiger partial charge is 0.503 e. The van der Waals surface area contributed by atoms with E-state index in [9.17, 15) is 19.2 Å². The third-order valence-electron chi connectivity index (χ3n) is 2.17. The zero-order valence-electron chi connectivity index (χ0n) is 8.89. The van der Waals surface area contributed by atoms with Crippen LogP contribution in [0.3, 0.4) is 0 Å². The molecule has 2 heterocycles. The van der Waals surface area contributed by atoms with Gasteiger partial charge in [-0.1, -0.05) is 0 Å². The zero-order valence-corrected chi connectivity index (χ0v) is 8.89. The normalized spacial score (nSPS) is 15.6. The number of nitrogens with one attached hydrogen (secondary N) is 3. The van der Waals surface area contributed by atoms with Crippen molar-refractivity contribution in [3.63, 3.8) is 0 Å². The maximum absolute atomic E-state index is 11.6. The molecule has 18 heavy (non-hydrogen) atoms. The zero-order chi connectivity index (χ0) is 13.3. The van der Waals surface area contributed by atoms with Gasteiger partial charge in [0, 0.05) is 6.20 Å². The number of hydrogen-bond donors (Lipinski definition) is 4. The SMILES string of the molecule is O=C1CC(=O)N(C(=O)Nc2c[nH]c(=O)[nH]2)C=C1O. The van der Waals surface area contributed by atoms with E-state index in [1.165, 1.54) is 6.20 Å². The molecule has 1 aromatic rings. The van der Waals surface area contributed by atoms with E-state index in [1.807, 2.05) is 0 Å². The van der Waals surface area contributed by atoms with Crippen LogP contribution in [0, 0.1) is 0 Å². The first-order chi connectivity index (χ1) is 8.47. The number of imide groups is 1. The number of carbonyl (C=O) groups is 3. The molecule has 0 unspecified atom stereocenters. The van der Waals surface area contributed by atoms with Crippen LogP contribution in [0.4, 0.5) is 10.6 Å². The summed E-state index contributed by atoms with van der Waals surface area (Å²) in [5, 5.41) is 11.4. The molecule has 0 radical (unpaired) electrons. The van der Waals surface area contributed by atoms with E-state index in [4.69, 9.17) is 5.11 Å². The molecule has 0 atom stereocenters. The number of Topliss-reactive ketones (excluding diaryl/α,β-unsaturated/α-hetero) is 1. The first-order valence-corrected chi connectivity index (χ1v) is 4.82. The first-order valence-electron chi connectivity index (χ1n) is 4.82. The predicted octanol–water partition coefficient (Wildman–Crippen LogP) is -0.564. The molecule has 0 aromatic carbocycles. The first kappa shape index (κ1) is 11.6. The van der Waals surface area contributed by atoms with Crippen LogP contribution in [0.2, 0.25) is 0 Å². The number of aliphatic hydroxyl groups excluding tert-OH is 1. The molecular formula is C9H8N4O5. The van der Waals surface area contributed by atoms with Crippen LogP contribution < -0.4 is 11.0 Å². The number of rotatable bonds is 1. The number of aromatic nitrogens is 2. The molecule has 0 saturated heterocycles. The van der Waals surface area contributed by atoms with Gasteiger partial charge in [0.15, 0.2) is 5.76 Å². The molecule has 4 N–H and O–H groups in total. The molecule has 9 heteroatoms. The predicted molar refractivity (Wildman–Crippen MR) is 57.6 cm³/mol. The fourth-order valence-corrected chi connectivity index (χ4v) is 1.33. The van der Waals surface area contributed by atoms with Gasteiger partial charge in [0.25, 0.3) is 0 Å². The van der Waals surface area contributed by atoms with Gasteiger partial charge in [-0.3, -0.25) is 19.9 Å². The molecule has 2 rings (SSSR count). The Balaban J connectivity index is 2.16. The number of aliphatic hydroxyl groups is 1. The number of imidazole rings is 1. The summed E-state index contributed by atoms with van der Waals surface area (Å²) in [7, 11) is 0. The second-order valence-corrected chi connectivity index (χ2v) is 3.46. The highest BCUT2D eigenvalue weighted by Gasteiger charge is 2.29. The van der Waals surface area contributed by atoms with Crippen LogP contribution >= 0.6 is 0 Å². The van der Waals surface area contributed by atoms with Crippen molar-refractivity contribution in [3.05, 3.63) is 28.6 Å². The monoisotopic (exact) mass is 252 g/mol. The molecule has 0 spiro atoms. The Morgan fingerprint density at radius 2 is 2.11 bits per heavy atom. The summed E-state index contributed by atoms with van der Waals surface area (Å²) in [5.41, 5.74) is -0.524. The number of hydrogen-bond acceptors (Lipinski definition) is 5. The highest BCUT2D eigenvalue weighted by atomic mass is 16.3. The lowest BCUT2D eigenvalue weighted by atomic mass is 10.2. The van der Waals surface area contributed by atoms with Crippen LogP contribution in [-0.2, 0) is 9.59 Å². The fraction of sp³-hybridized carbons (Fsp3) is 0.111. The molecular weight excluding hydrogens is 244 g/mol. The molecule has 1 aromatic heterocycles. The van der Waals surface area contributed by atoms with Crippen molar-refractivity contribution in [2.75, 3.05) is 5.32 Å². The number of H-pyrrole nitrogens is 2. The Hall–Kier alpha value is -2.84. The summed E-state index contributed by atoms with van der Waals surface area (Å²) in [6, 6.07) is -0.894. The van der Waals surface area contributed by atoms with Crippen LogP contribution in [0.1, 0.15) is 6.42 Å². The van der Waals surface area contributed by atoms with Gasteiger partial charge in [0.05, 0.1) is 12.6 Å². The van der Waals surface area contributed by atoms with E-state index in [0.29, 0.717) is 4.90 Å². The number of anilines is 1. The van der Waals surface area contributed by atoms with Crippen molar-refractivity contribution < 1.29 is 19.5 Å². The lowest BCUT2D eigenvalue weighted by molar-refractivity contribution is -0.132. The van der Waals surface area contributed by atoms with E-state index in [0.717, 1.165) is 6.20 Å². The van der Waals surface area contributed by atoms with Gasteiger partial charge in [0.1, 0.15) is 5.82 Å². The summed E-state index contributed by atoms with van der Waals surface area (Å²) >= 11 is 0. The summed E-state index contributed by atoms with van der Waals surface area (Å²) in [6.45, 7) is 0. The number of nitrogens with zero attached hydrogens (tertiary/aromatic N) is 1. The van der Waals surface area contributed by atoms with Gasteiger partial charge in [-0.05, 0) is 0 Å². The number of allylic oxidation sites excluding steroid dienone is 1. The van der Waals surface area contributed by atoms with Gasteiger partial charge in [-0.15, -0.1) is 0 Å². The highest BCUT2D eigenvalue weighted by molar-refractivity contribution is 6.14. The second kappa shape index (κ2) is 4.20. The van der Waals surface area contributed by atoms with Crippen molar-refractivity contribution in [3.8, 4) is 0 Å². The minimum atomic E-state index is -0.894. The number of carbonyl (C=O) groups excluding carboxylic acids is 3. The van der Waals surface area contributed by atoms with Crippen molar-refractivity contribution in [1.29, 1.82) is 0 Å². The molecule has 0 aliphatic carbocycles. The van der Waals surface area contributed by atoms with E-state index < -0.39 is 35.6 Å². The fourth-order valence-electron chi connectivity index (χ4n) is 1.33. The average molecular weight is 252 g/mol. The van der Waals surface area contributed by atoms with E-state index in [2.05, 4.69) is 15.3 Å². The molecule has 0 fully saturated rings. The Morgan fingerprint density at radius 3 is 2.72 bits per heavy atom. The molecule has 94 valence electrons. The van der Waals surface area contributed by atoms with Crippen molar-refractivity contribution in [1.82, 2.24) is 14.9 Å². The Labute approximate surface area is 99.1 Å². The Kier molecular flexibility index (Phi) is 2.72. The van der Waals surface area contributed by atoms with Gasteiger partial charge in [-0.2, -0.15) is 0 Å². The smallest absolute Gasteiger partial charge is 0.333 e. The van der Waals surface area contributed by atoms with Gasteiger partial charge >= 0.3 is 11.7 Å². The maximum Gasteiger partial charge on any atom is 0.333 e. The maximum atomic E-state index is 11.6. The molecule has 9 nitrogen and oxygen atoms in total.